The summed E-state index contributed by atoms with van der Waals surface area (Å²) in [4.78, 5) is 30.2. The summed E-state index contributed by atoms with van der Waals surface area (Å²) in [5, 5.41) is 1.73. The van der Waals surface area contributed by atoms with Gasteiger partial charge in [-0.2, -0.15) is 0 Å². The number of nitrogens with zero attached hydrogens (tertiary/aromatic N) is 1. The van der Waals surface area contributed by atoms with Crippen LogP contribution in [0.2, 0.25) is 5.02 Å². The molecule has 1 atom stereocenters. The SMILES string of the molecule is COC(=O)c1cccc(C2c3[nH]c4ccc(Cl)cc4c3CCN2C(=O)CCN)c1. The number of carbonyl (C=O) groups is 2. The van der Waals surface area contributed by atoms with Gasteiger partial charge in [-0.3, -0.25) is 4.79 Å². The van der Waals surface area contributed by atoms with Gasteiger partial charge in [-0.25, -0.2) is 4.79 Å². The molecular weight excluding hydrogens is 390 g/mol. The van der Waals surface area contributed by atoms with E-state index >= 15 is 0 Å². The minimum absolute atomic E-state index is 0.0108. The van der Waals surface area contributed by atoms with Crippen LogP contribution in [0.15, 0.2) is 42.5 Å². The van der Waals surface area contributed by atoms with E-state index < -0.39 is 5.97 Å². The number of halogens is 1. The fourth-order valence-corrected chi connectivity index (χ4v) is 4.27. The number of nitrogens with two attached hydrogens (primary N) is 1. The van der Waals surface area contributed by atoms with Crippen LogP contribution < -0.4 is 5.73 Å². The monoisotopic (exact) mass is 411 g/mol. The average Bonchev–Trinajstić information content (AvgIpc) is 3.10. The predicted molar refractivity (Wildman–Crippen MR) is 112 cm³/mol. The van der Waals surface area contributed by atoms with Crippen molar-refractivity contribution in [1.29, 1.82) is 0 Å². The van der Waals surface area contributed by atoms with E-state index in [0.29, 0.717) is 23.7 Å². The highest BCUT2D eigenvalue weighted by Gasteiger charge is 2.34. The van der Waals surface area contributed by atoms with Crippen molar-refractivity contribution in [1.82, 2.24) is 9.88 Å². The number of aromatic nitrogens is 1. The van der Waals surface area contributed by atoms with Gasteiger partial charge in [-0.05, 0) is 47.9 Å². The third-order valence-electron chi connectivity index (χ3n) is 5.39. The van der Waals surface area contributed by atoms with E-state index in [1.54, 1.807) is 18.2 Å². The van der Waals surface area contributed by atoms with Crippen LogP contribution in [0.4, 0.5) is 0 Å². The van der Waals surface area contributed by atoms with Crippen LogP contribution in [0.1, 0.15) is 39.6 Å². The molecule has 4 rings (SSSR count). The molecule has 29 heavy (non-hydrogen) atoms. The number of amides is 1. The maximum Gasteiger partial charge on any atom is 0.337 e. The van der Waals surface area contributed by atoms with Gasteiger partial charge < -0.3 is 20.4 Å². The van der Waals surface area contributed by atoms with Crippen molar-refractivity contribution in [2.75, 3.05) is 20.2 Å². The second-order valence-electron chi connectivity index (χ2n) is 7.10. The van der Waals surface area contributed by atoms with Crippen molar-refractivity contribution in [2.24, 2.45) is 5.73 Å². The van der Waals surface area contributed by atoms with Gasteiger partial charge in [-0.1, -0.05) is 23.7 Å². The second kappa shape index (κ2) is 7.89. The van der Waals surface area contributed by atoms with Crippen molar-refractivity contribution < 1.29 is 14.3 Å². The van der Waals surface area contributed by atoms with E-state index in [1.807, 2.05) is 29.2 Å². The summed E-state index contributed by atoms with van der Waals surface area (Å²) >= 11 is 6.22. The largest absolute Gasteiger partial charge is 0.465 e. The molecule has 2 heterocycles. The molecule has 0 saturated heterocycles. The van der Waals surface area contributed by atoms with Crippen LogP contribution in [0.25, 0.3) is 10.9 Å². The first-order chi connectivity index (χ1) is 14.0. The highest BCUT2D eigenvalue weighted by Crippen LogP contribution is 2.39. The zero-order chi connectivity index (χ0) is 20.5. The molecule has 1 aromatic heterocycles. The van der Waals surface area contributed by atoms with E-state index in [2.05, 4.69) is 4.98 Å². The van der Waals surface area contributed by atoms with E-state index in [0.717, 1.165) is 34.1 Å². The molecule has 1 unspecified atom stereocenters. The van der Waals surface area contributed by atoms with Crippen molar-refractivity contribution in [3.63, 3.8) is 0 Å². The minimum Gasteiger partial charge on any atom is -0.465 e. The van der Waals surface area contributed by atoms with E-state index in [9.17, 15) is 9.59 Å². The third kappa shape index (κ3) is 3.50. The average molecular weight is 412 g/mol. The number of carbonyl (C=O) groups excluding carboxylic acids is 2. The number of benzene rings is 2. The Bertz CT molecular complexity index is 1090. The molecule has 0 aliphatic carbocycles. The summed E-state index contributed by atoms with van der Waals surface area (Å²) in [6.07, 6.45) is 0.994. The van der Waals surface area contributed by atoms with Crippen molar-refractivity contribution in [3.05, 3.63) is 69.9 Å². The summed E-state index contributed by atoms with van der Waals surface area (Å²) in [5.74, 6) is -0.422. The Morgan fingerprint density at radius 3 is 2.86 bits per heavy atom. The summed E-state index contributed by atoms with van der Waals surface area (Å²) < 4.78 is 4.86. The minimum atomic E-state index is -0.411. The molecule has 7 heteroatoms. The number of rotatable bonds is 4. The van der Waals surface area contributed by atoms with Gasteiger partial charge in [0, 0.05) is 41.1 Å². The molecule has 0 bridgehead atoms. The quantitative estimate of drug-likeness (QED) is 0.644. The Morgan fingerprint density at radius 1 is 1.28 bits per heavy atom. The fraction of sp³-hybridized carbons (Fsp3) is 0.273. The van der Waals surface area contributed by atoms with Gasteiger partial charge >= 0.3 is 5.97 Å². The molecule has 0 saturated carbocycles. The Morgan fingerprint density at radius 2 is 2.10 bits per heavy atom. The number of aromatic amines is 1. The lowest BCUT2D eigenvalue weighted by atomic mass is 9.91. The molecule has 1 amide bonds. The predicted octanol–water partition coefficient (Wildman–Crippen LogP) is 3.43. The summed E-state index contributed by atoms with van der Waals surface area (Å²) in [6, 6.07) is 12.6. The summed E-state index contributed by atoms with van der Waals surface area (Å²) in [5.41, 5.74) is 10.00. The van der Waals surface area contributed by atoms with Crippen LogP contribution in [0.3, 0.4) is 0 Å². The molecule has 2 aromatic carbocycles. The van der Waals surface area contributed by atoms with Gasteiger partial charge in [-0.15, -0.1) is 0 Å². The van der Waals surface area contributed by atoms with Gasteiger partial charge in [0.05, 0.1) is 18.7 Å². The van der Waals surface area contributed by atoms with Crippen LogP contribution in [-0.4, -0.2) is 42.0 Å². The number of methoxy groups -OCH3 is 1. The van der Waals surface area contributed by atoms with Crippen molar-refractivity contribution >= 4 is 34.4 Å². The number of hydrogen-bond donors (Lipinski definition) is 2. The van der Waals surface area contributed by atoms with Crippen LogP contribution in [-0.2, 0) is 16.0 Å². The molecule has 0 radical (unpaired) electrons. The van der Waals surface area contributed by atoms with Crippen molar-refractivity contribution in [3.8, 4) is 0 Å². The molecule has 3 aromatic rings. The first kappa shape index (κ1) is 19.5. The first-order valence-electron chi connectivity index (χ1n) is 9.51. The van der Waals surface area contributed by atoms with E-state index in [-0.39, 0.29) is 18.4 Å². The molecule has 3 N–H and O–H groups in total. The maximum absolute atomic E-state index is 12.9. The number of esters is 1. The standard InChI is InChI=1S/C22H22ClN3O3/c1-29-22(28)14-4-2-3-13(11-14)21-20-16(8-10-26(21)19(27)7-9-24)17-12-15(23)5-6-18(17)25-20/h2-6,11-12,21,25H,7-10,24H2,1H3. The lowest BCUT2D eigenvalue weighted by Crippen LogP contribution is -2.41. The number of ether oxygens (including phenoxy) is 1. The fourth-order valence-electron chi connectivity index (χ4n) is 4.10. The van der Waals surface area contributed by atoms with Gasteiger partial charge in [0.25, 0.3) is 0 Å². The molecule has 1 aliphatic rings. The van der Waals surface area contributed by atoms with E-state index in [4.69, 9.17) is 22.1 Å². The smallest absolute Gasteiger partial charge is 0.337 e. The van der Waals surface area contributed by atoms with Gasteiger partial charge in [0.1, 0.15) is 0 Å². The van der Waals surface area contributed by atoms with Crippen LogP contribution >= 0.6 is 11.6 Å². The molecule has 0 fully saturated rings. The van der Waals surface area contributed by atoms with Crippen LogP contribution in [0, 0.1) is 0 Å². The molecule has 150 valence electrons. The third-order valence-corrected chi connectivity index (χ3v) is 5.63. The first-order valence-corrected chi connectivity index (χ1v) is 9.89. The number of hydrogen-bond acceptors (Lipinski definition) is 4. The molecular formula is C22H22ClN3O3. The normalized spacial score (nSPS) is 16.0. The Balaban J connectivity index is 1.88. The number of nitrogens with one attached hydrogen (secondary N) is 1. The zero-order valence-electron chi connectivity index (χ0n) is 16.1. The van der Waals surface area contributed by atoms with E-state index in [1.165, 1.54) is 7.11 Å². The Kier molecular flexibility index (Phi) is 5.30. The highest BCUT2D eigenvalue weighted by atomic mass is 35.5. The van der Waals surface area contributed by atoms with Crippen LogP contribution in [0.5, 0.6) is 0 Å². The zero-order valence-corrected chi connectivity index (χ0v) is 16.8. The Hall–Kier alpha value is -2.83. The lowest BCUT2D eigenvalue weighted by molar-refractivity contribution is -0.133. The summed E-state index contributed by atoms with van der Waals surface area (Å²) in [6.45, 7) is 0.859. The van der Waals surface area contributed by atoms with Gasteiger partial charge in [0.2, 0.25) is 5.91 Å². The summed E-state index contributed by atoms with van der Waals surface area (Å²) in [7, 11) is 1.35. The lowest BCUT2D eigenvalue weighted by Gasteiger charge is -2.36. The molecule has 0 spiro atoms. The van der Waals surface area contributed by atoms with Crippen molar-refractivity contribution in [2.45, 2.75) is 18.9 Å². The Labute approximate surface area is 173 Å². The maximum atomic E-state index is 12.9. The molecule has 1 aliphatic heterocycles. The number of fused-ring (bicyclic) bond motifs is 3. The number of H-pyrrole nitrogens is 1. The highest BCUT2D eigenvalue weighted by molar-refractivity contribution is 6.31. The van der Waals surface area contributed by atoms with Gasteiger partial charge in [0.15, 0.2) is 0 Å². The topological polar surface area (TPSA) is 88.4 Å². The molecule has 6 nitrogen and oxygen atoms in total. The second-order valence-corrected chi connectivity index (χ2v) is 7.54.